The van der Waals surface area contributed by atoms with E-state index in [-0.39, 0.29) is 28.9 Å². The second-order valence-electron chi connectivity index (χ2n) is 11.0. The van der Waals surface area contributed by atoms with Crippen molar-refractivity contribution in [3.63, 3.8) is 0 Å². The number of carbonyl (C=O) groups is 1. The number of nitrogens with zero attached hydrogens (tertiary/aromatic N) is 1. The number of benzene rings is 3. The molecule has 4 aromatic rings. The molecule has 1 fully saturated rings. The Balaban J connectivity index is 1.42. The molecule has 0 radical (unpaired) electrons. The van der Waals surface area contributed by atoms with Gasteiger partial charge in [-0.3, -0.25) is 9.59 Å². The van der Waals surface area contributed by atoms with Crippen LogP contribution in [0, 0.1) is 11.7 Å². The molecule has 8 nitrogen and oxygen atoms in total. The van der Waals surface area contributed by atoms with E-state index in [0.717, 1.165) is 42.9 Å². The first-order chi connectivity index (χ1) is 20.5. The SMILES string of the molecule is CCCCC(CC)CCNC(=O)c1cn2c3c(c(NCC4OCCO4)c(F)cc3c1=O)Oc1cc3ccccc3cc1-2. The van der Waals surface area contributed by atoms with Crippen LogP contribution in [0.1, 0.15) is 56.3 Å². The van der Waals surface area contributed by atoms with Crippen LogP contribution < -0.4 is 20.8 Å². The Hall–Kier alpha value is -3.95. The van der Waals surface area contributed by atoms with Gasteiger partial charge in [0.25, 0.3) is 5.91 Å². The summed E-state index contributed by atoms with van der Waals surface area (Å²) in [6, 6.07) is 12.9. The van der Waals surface area contributed by atoms with Crippen LogP contribution in [0.5, 0.6) is 11.5 Å². The minimum absolute atomic E-state index is 0.0380. The van der Waals surface area contributed by atoms with E-state index in [4.69, 9.17) is 14.2 Å². The van der Waals surface area contributed by atoms with Crippen LogP contribution in [0.2, 0.25) is 0 Å². The first-order valence-electron chi connectivity index (χ1n) is 14.9. The van der Waals surface area contributed by atoms with Crippen molar-refractivity contribution in [3.05, 3.63) is 70.3 Å². The van der Waals surface area contributed by atoms with Gasteiger partial charge in [-0.25, -0.2) is 4.39 Å². The fourth-order valence-electron chi connectivity index (χ4n) is 5.87. The number of carbonyl (C=O) groups excluding carboxylic acids is 1. The summed E-state index contributed by atoms with van der Waals surface area (Å²) in [5.74, 6) is 0.0500. The van der Waals surface area contributed by atoms with E-state index in [1.165, 1.54) is 6.07 Å². The summed E-state index contributed by atoms with van der Waals surface area (Å²) >= 11 is 0. The number of halogens is 1. The average molecular weight is 574 g/mol. The molecule has 6 rings (SSSR count). The predicted molar refractivity (Wildman–Crippen MR) is 162 cm³/mol. The molecule has 9 heteroatoms. The van der Waals surface area contributed by atoms with Gasteiger partial charge in [-0.15, -0.1) is 0 Å². The highest BCUT2D eigenvalue weighted by molar-refractivity contribution is 6.02. The zero-order valence-electron chi connectivity index (χ0n) is 24.0. The molecule has 3 heterocycles. The third-order valence-corrected chi connectivity index (χ3v) is 8.26. The lowest BCUT2D eigenvalue weighted by Gasteiger charge is -2.27. The smallest absolute Gasteiger partial charge is 0.256 e. The van der Waals surface area contributed by atoms with Gasteiger partial charge >= 0.3 is 0 Å². The first-order valence-corrected chi connectivity index (χ1v) is 14.9. The van der Waals surface area contributed by atoms with Crippen molar-refractivity contribution < 1.29 is 23.4 Å². The number of unbranched alkanes of at least 4 members (excludes halogenated alkanes) is 1. The second-order valence-corrected chi connectivity index (χ2v) is 11.0. The minimum Gasteiger partial charge on any atom is -0.451 e. The fraction of sp³-hybridized carbons (Fsp3) is 0.394. The summed E-state index contributed by atoms with van der Waals surface area (Å²) in [4.78, 5) is 27.1. The summed E-state index contributed by atoms with van der Waals surface area (Å²) in [6.07, 6.45) is 6.33. The van der Waals surface area contributed by atoms with Crippen molar-refractivity contribution in [2.45, 2.75) is 52.2 Å². The highest BCUT2D eigenvalue weighted by Gasteiger charge is 2.29. The predicted octanol–water partition coefficient (Wildman–Crippen LogP) is 6.51. The fourth-order valence-corrected chi connectivity index (χ4v) is 5.87. The Morgan fingerprint density at radius 3 is 2.60 bits per heavy atom. The summed E-state index contributed by atoms with van der Waals surface area (Å²) in [5.41, 5.74) is 0.569. The largest absolute Gasteiger partial charge is 0.451 e. The molecule has 0 saturated carbocycles. The van der Waals surface area contributed by atoms with Gasteiger partial charge in [-0.1, -0.05) is 63.8 Å². The second kappa shape index (κ2) is 12.1. The Bertz CT molecular complexity index is 1700. The van der Waals surface area contributed by atoms with Crippen molar-refractivity contribution in [1.29, 1.82) is 0 Å². The topological polar surface area (TPSA) is 90.8 Å². The molecule has 1 aromatic heterocycles. The van der Waals surface area contributed by atoms with Crippen LogP contribution in [0.15, 0.2) is 53.5 Å². The van der Waals surface area contributed by atoms with Crippen molar-refractivity contribution in [1.82, 2.24) is 9.88 Å². The summed E-state index contributed by atoms with van der Waals surface area (Å²) in [5, 5.41) is 8.00. The zero-order valence-corrected chi connectivity index (χ0v) is 24.0. The third-order valence-electron chi connectivity index (χ3n) is 8.26. The number of aromatic nitrogens is 1. The molecule has 0 spiro atoms. The van der Waals surface area contributed by atoms with Crippen molar-refractivity contribution in [2.75, 3.05) is 31.6 Å². The van der Waals surface area contributed by atoms with Crippen molar-refractivity contribution >= 4 is 33.3 Å². The number of rotatable bonds is 11. The van der Waals surface area contributed by atoms with E-state index in [1.807, 2.05) is 36.4 Å². The molecule has 1 atom stereocenters. The number of pyridine rings is 1. The van der Waals surface area contributed by atoms with Gasteiger partial charge in [0.15, 0.2) is 23.6 Å². The van der Waals surface area contributed by atoms with Crippen molar-refractivity contribution in [2.24, 2.45) is 5.92 Å². The molecule has 0 aliphatic carbocycles. The van der Waals surface area contributed by atoms with Crippen LogP contribution in [0.25, 0.3) is 27.4 Å². The van der Waals surface area contributed by atoms with E-state index < -0.39 is 23.4 Å². The van der Waals surface area contributed by atoms with E-state index in [1.54, 1.807) is 10.8 Å². The monoisotopic (exact) mass is 573 g/mol. The lowest BCUT2D eigenvalue weighted by molar-refractivity contribution is -0.0299. The van der Waals surface area contributed by atoms with Gasteiger partial charge in [0.05, 0.1) is 30.8 Å². The molecular formula is C33H36FN3O5. The van der Waals surface area contributed by atoms with E-state index in [9.17, 15) is 9.59 Å². The van der Waals surface area contributed by atoms with Crippen LogP contribution in [0.3, 0.4) is 0 Å². The zero-order chi connectivity index (χ0) is 29.2. The van der Waals surface area contributed by atoms with E-state index in [0.29, 0.717) is 42.6 Å². The Labute approximate surface area is 243 Å². The molecule has 2 aliphatic rings. The molecular weight excluding hydrogens is 537 g/mol. The minimum atomic E-state index is -0.664. The summed E-state index contributed by atoms with van der Waals surface area (Å²) in [7, 11) is 0. The molecule has 2 aliphatic heterocycles. The van der Waals surface area contributed by atoms with Gasteiger partial charge in [0, 0.05) is 12.7 Å². The number of nitrogens with one attached hydrogen (secondary N) is 2. The number of ether oxygens (including phenoxy) is 3. The maximum atomic E-state index is 15.7. The number of hydrogen-bond acceptors (Lipinski definition) is 6. The van der Waals surface area contributed by atoms with E-state index >= 15 is 4.39 Å². The molecule has 1 unspecified atom stereocenters. The van der Waals surface area contributed by atoms with Crippen LogP contribution in [-0.4, -0.2) is 43.1 Å². The maximum Gasteiger partial charge on any atom is 0.256 e. The van der Waals surface area contributed by atoms with Crippen LogP contribution in [0.4, 0.5) is 10.1 Å². The quantitative estimate of drug-likeness (QED) is 0.187. The van der Waals surface area contributed by atoms with Crippen molar-refractivity contribution in [3.8, 4) is 17.2 Å². The number of amides is 1. The summed E-state index contributed by atoms with van der Waals surface area (Å²) in [6.45, 7) is 5.94. The standard InChI is InChI=1S/C33H36FN3O5/c1-3-5-8-20(4-2)11-12-35-33(39)24-19-37-26-15-21-9-6-7-10-22(21)16-27(26)42-32-29(36-18-28-40-13-14-41-28)25(34)17-23(30(32)37)31(24)38/h6-7,9-10,15-17,19-20,28,36H,3-5,8,11-14,18H2,1-2H3,(H,35,39). The molecule has 0 bridgehead atoms. The lowest BCUT2D eigenvalue weighted by atomic mass is 9.96. The molecule has 220 valence electrons. The lowest BCUT2D eigenvalue weighted by Crippen LogP contribution is -2.31. The molecule has 1 amide bonds. The van der Waals surface area contributed by atoms with E-state index in [2.05, 4.69) is 24.5 Å². The van der Waals surface area contributed by atoms with Gasteiger partial charge in [-0.05, 0) is 41.3 Å². The number of anilines is 1. The van der Waals surface area contributed by atoms with Gasteiger partial charge in [-0.2, -0.15) is 0 Å². The van der Waals surface area contributed by atoms with Gasteiger partial charge in [0.1, 0.15) is 16.8 Å². The molecule has 2 N–H and O–H groups in total. The number of hydrogen-bond donors (Lipinski definition) is 2. The molecule has 1 saturated heterocycles. The summed E-state index contributed by atoms with van der Waals surface area (Å²) < 4.78 is 34.8. The third kappa shape index (κ3) is 5.34. The van der Waals surface area contributed by atoms with Gasteiger partial charge in [0.2, 0.25) is 5.43 Å². The first kappa shape index (κ1) is 28.2. The Morgan fingerprint density at radius 1 is 1.10 bits per heavy atom. The van der Waals surface area contributed by atoms with Crippen LogP contribution >= 0.6 is 0 Å². The molecule has 3 aromatic carbocycles. The highest BCUT2D eigenvalue weighted by atomic mass is 19.1. The Kier molecular flexibility index (Phi) is 8.13. The maximum absolute atomic E-state index is 15.7. The average Bonchev–Trinajstić information content (AvgIpc) is 3.52. The van der Waals surface area contributed by atoms with Gasteiger partial charge < -0.3 is 29.4 Å². The van der Waals surface area contributed by atoms with Crippen LogP contribution in [-0.2, 0) is 9.47 Å². The highest BCUT2D eigenvalue weighted by Crippen LogP contribution is 2.46. The number of fused-ring (bicyclic) bond motifs is 3. The molecule has 42 heavy (non-hydrogen) atoms. The Morgan fingerprint density at radius 2 is 1.86 bits per heavy atom. The normalized spacial score (nSPS) is 15.0.